The zero-order valence-corrected chi connectivity index (χ0v) is 12.8. The monoisotopic (exact) mass is 359 g/mol. The molecule has 25 heavy (non-hydrogen) atoms. The third-order valence-corrected chi connectivity index (χ3v) is 3.08. The molecular weight excluding hydrogens is 345 g/mol. The molecule has 0 aliphatic rings. The van der Waals surface area contributed by atoms with E-state index >= 15 is 0 Å². The summed E-state index contributed by atoms with van der Waals surface area (Å²) in [5.74, 6) is -2.10. The van der Waals surface area contributed by atoms with Crippen molar-refractivity contribution in [1.82, 2.24) is 0 Å². The van der Waals surface area contributed by atoms with Crippen LogP contribution in [-0.2, 0) is 6.42 Å². The molecule has 0 amide bonds. The molecule has 0 saturated heterocycles. The topological polar surface area (TPSA) is 59.6 Å². The number of nitrogens with two attached hydrogens (primary N) is 1. The van der Waals surface area contributed by atoms with Gasteiger partial charge in [0.05, 0.1) is 5.69 Å². The Hall–Kier alpha value is -2.84. The maximum atomic E-state index is 13.5. The first-order valence-electron chi connectivity index (χ1n) is 7.11. The molecule has 0 atom stereocenters. The third-order valence-electron chi connectivity index (χ3n) is 3.08. The summed E-state index contributed by atoms with van der Waals surface area (Å²) in [5, 5.41) is 2.46. The SMILES string of the molecule is NC(=NCCc1c(F)cccc1F)Nc1ccccc1OC(F)(F)F. The van der Waals surface area contributed by atoms with Gasteiger partial charge >= 0.3 is 6.36 Å². The molecule has 9 heteroatoms. The van der Waals surface area contributed by atoms with Gasteiger partial charge in [0.25, 0.3) is 0 Å². The molecule has 4 nitrogen and oxygen atoms in total. The summed E-state index contributed by atoms with van der Waals surface area (Å²) >= 11 is 0. The third kappa shape index (κ3) is 5.63. The number of aliphatic imine (C=N–C) groups is 1. The van der Waals surface area contributed by atoms with E-state index in [9.17, 15) is 22.0 Å². The highest BCUT2D eigenvalue weighted by molar-refractivity contribution is 5.93. The fraction of sp³-hybridized carbons (Fsp3) is 0.188. The number of alkyl halides is 3. The maximum Gasteiger partial charge on any atom is 0.573 e. The van der Waals surface area contributed by atoms with E-state index in [1.807, 2.05) is 0 Å². The van der Waals surface area contributed by atoms with Gasteiger partial charge in [0, 0.05) is 12.1 Å². The van der Waals surface area contributed by atoms with Crippen LogP contribution in [0.15, 0.2) is 47.5 Å². The molecule has 0 fully saturated rings. The van der Waals surface area contributed by atoms with Crippen molar-refractivity contribution in [3.8, 4) is 5.75 Å². The summed E-state index contributed by atoms with van der Waals surface area (Å²) < 4.78 is 67.8. The second kappa shape index (κ2) is 7.82. The minimum atomic E-state index is -4.86. The van der Waals surface area contributed by atoms with Crippen LogP contribution in [-0.4, -0.2) is 18.9 Å². The van der Waals surface area contributed by atoms with Crippen molar-refractivity contribution in [2.75, 3.05) is 11.9 Å². The molecule has 0 unspecified atom stereocenters. The number of guanidine groups is 1. The highest BCUT2D eigenvalue weighted by Gasteiger charge is 2.32. The van der Waals surface area contributed by atoms with Gasteiger partial charge in [-0.25, -0.2) is 8.78 Å². The fourth-order valence-electron chi connectivity index (χ4n) is 2.02. The van der Waals surface area contributed by atoms with Crippen molar-refractivity contribution >= 4 is 11.6 Å². The van der Waals surface area contributed by atoms with Crippen molar-refractivity contribution < 1.29 is 26.7 Å². The number of nitrogens with one attached hydrogen (secondary N) is 1. The first-order chi connectivity index (χ1) is 11.8. The quantitative estimate of drug-likeness (QED) is 0.485. The summed E-state index contributed by atoms with van der Waals surface area (Å²) in [6.07, 6.45) is -4.91. The molecule has 0 heterocycles. The standard InChI is InChI=1S/C16H14F5N3O/c17-11-4-3-5-12(18)10(11)8-9-23-15(22)24-13-6-1-2-7-14(13)25-16(19,20)21/h1-7H,8-9H2,(H3,22,23,24). The number of hydrogen-bond acceptors (Lipinski definition) is 2. The molecule has 134 valence electrons. The highest BCUT2D eigenvalue weighted by atomic mass is 19.4. The van der Waals surface area contributed by atoms with Gasteiger partial charge in [-0.1, -0.05) is 18.2 Å². The highest BCUT2D eigenvalue weighted by Crippen LogP contribution is 2.29. The Labute approximate surface area is 140 Å². The number of anilines is 1. The van der Waals surface area contributed by atoms with E-state index in [1.165, 1.54) is 24.3 Å². The van der Waals surface area contributed by atoms with Gasteiger partial charge in [-0.2, -0.15) is 0 Å². The van der Waals surface area contributed by atoms with Gasteiger partial charge in [0.2, 0.25) is 0 Å². The molecule has 0 aromatic heterocycles. The van der Waals surface area contributed by atoms with Gasteiger partial charge in [-0.05, 0) is 30.7 Å². The number of nitrogens with zero attached hydrogens (tertiary/aromatic N) is 1. The van der Waals surface area contributed by atoms with E-state index in [-0.39, 0.29) is 30.2 Å². The average Bonchev–Trinajstić information content (AvgIpc) is 2.51. The van der Waals surface area contributed by atoms with E-state index in [0.717, 1.165) is 18.2 Å². The second-order valence-electron chi connectivity index (χ2n) is 4.89. The van der Waals surface area contributed by atoms with Crippen molar-refractivity contribution in [3.63, 3.8) is 0 Å². The summed E-state index contributed by atoms with van der Waals surface area (Å²) in [5.41, 5.74) is 5.41. The Balaban J connectivity index is 2.02. The Bertz CT molecular complexity index is 741. The average molecular weight is 359 g/mol. The van der Waals surface area contributed by atoms with Gasteiger partial charge in [0.15, 0.2) is 11.7 Å². The molecule has 0 spiro atoms. The maximum absolute atomic E-state index is 13.5. The Morgan fingerprint density at radius 3 is 2.32 bits per heavy atom. The van der Waals surface area contributed by atoms with Crippen LogP contribution in [0.5, 0.6) is 5.75 Å². The van der Waals surface area contributed by atoms with E-state index < -0.39 is 23.7 Å². The molecular formula is C16H14F5N3O. The van der Waals surface area contributed by atoms with Crippen LogP contribution in [0.25, 0.3) is 0 Å². The number of rotatable bonds is 5. The van der Waals surface area contributed by atoms with Crippen LogP contribution in [0.3, 0.4) is 0 Å². The predicted octanol–water partition coefficient (Wildman–Crippen LogP) is 3.83. The molecule has 0 bridgehead atoms. The van der Waals surface area contributed by atoms with E-state index in [2.05, 4.69) is 15.0 Å². The molecule has 0 aliphatic heterocycles. The lowest BCUT2D eigenvalue weighted by atomic mass is 10.1. The van der Waals surface area contributed by atoms with Crippen LogP contribution in [0.2, 0.25) is 0 Å². The lowest BCUT2D eigenvalue weighted by Gasteiger charge is -2.14. The number of ether oxygens (including phenoxy) is 1. The normalized spacial score (nSPS) is 12.1. The van der Waals surface area contributed by atoms with Crippen LogP contribution >= 0.6 is 0 Å². The molecule has 3 N–H and O–H groups in total. The molecule has 2 aromatic rings. The molecule has 0 aliphatic carbocycles. The van der Waals surface area contributed by atoms with E-state index in [4.69, 9.17) is 5.73 Å². The van der Waals surface area contributed by atoms with Crippen molar-refractivity contribution in [3.05, 3.63) is 59.7 Å². The van der Waals surface area contributed by atoms with Crippen LogP contribution in [0, 0.1) is 11.6 Å². The Morgan fingerprint density at radius 2 is 1.68 bits per heavy atom. The van der Waals surface area contributed by atoms with Gasteiger partial charge in [0.1, 0.15) is 11.6 Å². The Kier molecular flexibility index (Phi) is 5.79. The van der Waals surface area contributed by atoms with Gasteiger partial charge in [-0.3, -0.25) is 4.99 Å². The number of hydrogen-bond donors (Lipinski definition) is 2. The number of halogens is 5. The van der Waals surface area contributed by atoms with E-state index in [1.54, 1.807) is 0 Å². The zero-order valence-electron chi connectivity index (χ0n) is 12.8. The zero-order chi connectivity index (χ0) is 18.4. The number of benzene rings is 2. The largest absolute Gasteiger partial charge is 0.573 e. The van der Waals surface area contributed by atoms with Crippen LogP contribution in [0.1, 0.15) is 5.56 Å². The second-order valence-corrected chi connectivity index (χ2v) is 4.89. The number of para-hydroxylation sites is 2. The first kappa shape index (κ1) is 18.5. The lowest BCUT2D eigenvalue weighted by Crippen LogP contribution is -2.25. The summed E-state index contributed by atoms with van der Waals surface area (Å²) in [7, 11) is 0. The van der Waals surface area contributed by atoms with Crippen molar-refractivity contribution in [1.29, 1.82) is 0 Å². The minimum Gasteiger partial charge on any atom is -0.404 e. The predicted molar refractivity (Wildman–Crippen MR) is 83.3 cm³/mol. The summed E-state index contributed by atoms with van der Waals surface area (Å²) in [6, 6.07) is 8.75. The van der Waals surface area contributed by atoms with Crippen molar-refractivity contribution in [2.24, 2.45) is 10.7 Å². The molecule has 2 rings (SSSR count). The van der Waals surface area contributed by atoms with E-state index in [0.29, 0.717) is 0 Å². The van der Waals surface area contributed by atoms with Gasteiger partial charge < -0.3 is 15.8 Å². The lowest BCUT2D eigenvalue weighted by molar-refractivity contribution is -0.274. The Morgan fingerprint density at radius 1 is 1.04 bits per heavy atom. The van der Waals surface area contributed by atoms with Crippen LogP contribution in [0.4, 0.5) is 27.6 Å². The van der Waals surface area contributed by atoms with Crippen molar-refractivity contribution in [2.45, 2.75) is 12.8 Å². The smallest absolute Gasteiger partial charge is 0.404 e. The minimum absolute atomic E-state index is 0.0434. The molecule has 0 saturated carbocycles. The fourth-order valence-corrected chi connectivity index (χ4v) is 2.02. The summed E-state index contributed by atoms with van der Waals surface area (Å²) in [6.45, 7) is -0.0566. The first-order valence-corrected chi connectivity index (χ1v) is 7.11. The molecule has 0 radical (unpaired) electrons. The van der Waals surface area contributed by atoms with Crippen LogP contribution < -0.4 is 15.8 Å². The van der Waals surface area contributed by atoms with Gasteiger partial charge in [-0.15, -0.1) is 13.2 Å². The summed E-state index contributed by atoms with van der Waals surface area (Å²) in [4.78, 5) is 3.85. The molecule has 2 aromatic carbocycles.